The van der Waals surface area contributed by atoms with Crippen LogP contribution in [0, 0.1) is 17.0 Å². The molecule has 0 aliphatic carbocycles. The van der Waals surface area contributed by atoms with Gasteiger partial charge >= 0.3 is 0 Å². The summed E-state index contributed by atoms with van der Waals surface area (Å²) >= 11 is 6.02. The van der Waals surface area contributed by atoms with Crippen molar-refractivity contribution in [3.63, 3.8) is 0 Å². The highest BCUT2D eigenvalue weighted by Gasteiger charge is 2.04. The van der Waals surface area contributed by atoms with E-state index in [0.717, 1.165) is 16.7 Å². The molecule has 1 N–H and O–H groups in total. The lowest BCUT2D eigenvalue weighted by molar-refractivity contribution is -0.384. The van der Waals surface area contributed by atoms with E-state index in [9.17, 15) is 14.9 Å². The standard InChI is InChI=1S/C17H15ClN2O3/c1-12-2-3-13(10-16(12)18)6-9-17(21)19-11-14-4-7-15(8-5-14)20(22)23/h2-10H,11H2,1H3,(H,19,21)/b9-6+. The summed E-state index contributed by atoms with van der Waals surface area (Å²) in [6, 6.07) is 11.6. The van der Waals surface area contributed by atoms with Crippen molar-refractivity contribution in [2.75, 3.05) is 0 Å². The number of carbonyl (C=O) groups excluding carboxylic acids is 1. The molecule has 0 saturated heterocycles. The van der Waals surface area contributed by atoms with E-state index in [1.54, 1.807) is 24.3 Å². The van der Waals surface area contributed by atoms with Gasteiger partial charge in [-0.2, -0.15) is 0 Å². The van der Waals surface area contributed by atoms with Gasteiger partial charge in [0.2, 0.25) is 5.91 Å². The summed E-state index contributed by atoms with van der Waals surface area (Å²) < 4.78 is 0. The average molecular weight is 331 g/mol. The minimum absolute atomic E-state index is 0.0243. The number of nitro benzene ring substituents is 1. The first kappa shape index (κ1) is 16.7. The maximum atomic E-state index is 11.8. The van der Waals surface area contributed by atoms with Crippen LogP contribution in [-0.4, -0.2) is 10.8 Å². The van der Waals surface area contributed by atoms with Gasteiger partial charge in [-0.15, -0.1) is 0 Å². The van der Waals surface area contributed by atoms with Gasteiger partial charge in [0.1, 0.15) is 0 Å². The number of halogens is 1. The molecule has 0 aromatic heterocycles. The molecule has 0 spiro atoms. The van der Waals surface area contributed by atoms with Crippen molar-refractivity contribution >= 4 is 29.3 Å². The Kier molecular flexibility index (Phi) is 5.49. The van der Waals surface area contributed by atoms with Crippen LogP contribution in [0.3, 0.4) is 0 Å². The summed E-state index contributed by atoms with van der Waals surface area (Å²) in [6.07, 6.45) is 3.10. The molecule has 0 fully saturated rings. The normalized spacial score (nSPS) is 10.7. The predicted octanol–water partition coefficient (Wildman–Crippen LogP) is 3.89. The Bertz CT molecular complexity index is 755. The molecule has 23 heavy (non-hydrogen) atoms. The highest BCUT2D eigenvalue weighted by molar-refractivity contribution is 6.31. The van der Waals surface area contributed by atoms with Gasteiger partial charge in [-0.1, -0.05) is 35.9 Å². The average Bonchev–Trinajstić information content (AvgIpc) is 2.54. The van der Waals surface area contributed by atoms with E-state index in [1.807, 2.05) is 19.1 Å². The van der Waals surface area contributed by atoms with Crippen LogP contribution in [0.2, 0.25) is 5.02 Å². The van der Waals surface area contributed by atoms with Gasteiger partial charge in [0.25, 0.3) is 5.69 Å². The van der Waals surface area contributed by atoms with Gasteiger partial charge in [-0.05, 0) is 35.8 Å². The largest absolute Gasteiger partial charge is 0.348 e. The van der Waals surface area contributed by atoms with Crippen molar-refractivity contribution in [2.45, 2.75) is 13.5 Å². The molecule has 1 amide bonds. The molecule has 0 radical (unpaired) electrons. The zero-order valence-corrected chi connectivity index (χ0v) is 13.2. The Morgan fingerprint density at radius 2 is 1.96 bits per heavy atom. The summed E-state index contributed by atoms with van der Waals surface area (Å²) in [7, 11) is 0. The summed E-state index contributed by atoms with van der Waals surface area (Å²) in [6.45, 7) is 2.21. The van der Waals surface area contributed by atoms with Gasteiger partial charge in [0.15, 0.2) is 0 Å². The highest BCUT2D eigenvalue weighted by atomic mass is 35.5. The fraction of sp³-hybridized carbons (Fsp3) is 0.118. The number of hydrogen-bond acceptors (Lipinski definition) is 3. The SMILES string of the molecule is Cc1ccc(/C=C/C(=O)NCc2ccc([N+](=O)[O-])cc2)cc1Cl. The minimum atomic E-state index is -0.461. The number of carbonyl (C=O) groups is 1. The van der Waals surface area contributed by atoms with Crippen LogP contribution >= 0.6 is 11.6 Å². The number of aryl methyl sites for hydroxylation is 1. The van der Waals surface area contributed by atoms with Crippen molar-refractivity contribution < 1.29 is 9.72 Å². The Balaban J connectivity index is 1.90. The minimum Gasteiger partial charge on any atom is -0.348 e. The Morgan fingerprint density at radius 1 is 1.26 bits per heavy atom. The first-order valence-corrected chi connectivity index (χ1v) is 7.29. The van der Waals surface area contributed by atoms with Crippen LogP contribution in [-0.2, 0) is 11.3 Å². The molecule has 0 unspecified atom stereocenters. The van der Waals surface area contributed by atoms with Crippen LogP contribution in [0.1, 0.15) is 16.7 Å². The van der Waals surface area contributed by atoms with E-state index >= 15 is 0 Å². The monoisotopic (exact) mass is 330 g/mol. The number of nitrogens with zero attached hydrogens (tertiary/aromatic N) is 1. The third kappa shape index (κ3) is 4.93. The van der Waals surface area contributed by atoms with Crippen LogP contribution in [0.15, 0.2) is 48.5 Å². The van der Waals surface area contributed by atoms with Gasteiger partial charge < -0.3 is 5.32 Å². The first-order valence-electron chi connectivity index (χ1n) is 6.91. The van der Waals surface area contributed by atoms with E-state index in [2.05, 4.69) is 5.32 Å². The molecule has 0 bridgehead atoms. The van der Waals surface area contributed by atoms with E-state index < -0.39 is 4.92 Å². The Morgan fingerprint density at radius 3 is 2.57 bits per heavy atom. The molecule has 2 rings (SSSR count). The summed E-state index contributed by atoms with van der Waals surface area (Å²) in [5.74, 6) is -0.250. The summed E-state index contributed by atoms with van der Waals surface area (Å²) in [5, 5.41) is 13.9. The molecule has 0 heterocycles. The molecule has 0 atom stereocenters. The molecule has 2 aromatic carbocycles. The van der Waals surface area contributed by atoms with E-state index in [4.69, 9.17) is 11.6 Å². The molecule has 5 nitrogen and oxygen atoms in total. The van der Waals surface area contributed by atoms with Crippen LogP contribution in [0.5, 0.6) is 0 Å². The van der Waals surface area contributed by atoms with Crippen molar-refractivity contribution in [1.82, 2.24) is 5.32 Å². The lowest BCUT2D eigenvalue weighted by atomic mass is 10.1. The van der Waals surface area contributed by atoms with Crippen LogP contribution in [0.25, 0.3) is 6.08 Å². The molecular formula is C17H15ClN2O3. The van der Waals surface area contributed by atoms with Crippen LogP contribution in [0.4, 0.5) is 5.69 Å². The highest BCUT2D eigenvalue weighted by Crippen LogP contribution is 2.17. The smallest absolute Gasteiger partial charge is 0.269 e. The van der Waals surface area contributed by atoms with Gasteiger partial charge in [0.05, 0.1) is 4.92 Å². The Hall–Kier alpha value is -2.66. The molecule has 6 heteroatoms. The van der Waals surface area contributed by atoms with Gasteiger partial charge in [-0.25, -0.2) is 0 Å². The molecule has 0 aliphatic rings. The quantitative estimate of drug-likeness (QED) is 0.513. The zero-order chi connectivity index (χ0) is 16.8. The fourth-order valence-electron chi connectivity index (χ4n) is 1.87. The topological polar surface area (TPSA) is 72.2 Å². The number of benzene rings is 2. The van der Waals surface area contributed by atoms with Crippen molar-refractivity contribution in [3.05, 3.63) is 80.4 Å². The van der Waals surface area contributed by atoms with Gasteiger partial charge in [-0.3, -0.25) is 14.9 Å². The molecule has 2 aromatic rings. The number of amides is 1. The Labute approximate surface area is 138 Å². The molecular weight excluding hydrogens is 316 g/mol. The lowest BCUT2D eigenvalue weighted by Gasteiger charge is -2.03. The second kappa shape index (κ2) is 7.56. The third-order valence-electron chi connectivity index (χ3n) is 3.24. The first-order chi connectivity index (χ1) is 11.0. The lowest BCUT2D eigenvalue weighted by Crippen LogP contribution is -2.20. The fourth-order valence-corrected chi connectivity index (χ4v) is 2.06. The molecule has 0 saturated carbocycles. The number of non-ortho nitro benzene ring substituents is 1. The van der Waals surface area contributed by atoms with E-state index in [1.165, 1.54) is 18.2 Å². The summed E-state index contributed by atoms with van der Waals surface area (Å²) in [5.41, 5.74) is 2.63. The van der Waals surface area contributed by atoms with Crippen molar-refractivity contribution in [1.29, 1.82) is 0 Å². The van der Waals surface area contributed by atoms with Crippen molar-refractivity contribution in [2.24, 2.45) is 0 Å². The maximum Gasteiger partial charge on any atom is 0.269 e. The maximum absolute atomic E-state index is 11.8. The predicted molar refractivity (Wildman–Crippen MR) is 90.2 cm³/mol. The molecule has 0 aliphatic heterocycles. The second-order valence-electron chi connectivity index (χ2n) is 4.98. The van der Waals surface area contributed by atoms with E-state index in [-0.39, 0.29) is 11.6 Å². The number of hydrogen-bond donors (Lipinski definition) is 1. The number of nitro groups is 1. The van der Waals surface area contributed by atoms with Crippen molar-refractivity contribution in [3.8, 4) is 0 Å². The third-order valence-corrected chi connectivity index (χ3v) is 3.64. The van der Waals surface area contributed by atoms with Crippen LogP contribution < -0.4 is 5.32 Å². The summed E-state index contributed by atoms with van der Waals surface area (Å²) in [4.78, 5) is 21.9. The number of nitrogens with one attached hydrogen (secondary N) is 1. The zero-order valence-electron chi connectivity index (χ0n) is 12.5. The molecule has 118 valence electrons. The second-order valence-corrected chi connectivity index (χ2v) is 5.39. The van der Waals surface area contributed by atoms with E-state index in [0.29, 0.717) is 11.6 Å². The number of rotatable bonds is 5. The van der Waals surface area contributed by atoms with Gasteiger partial charge in [0, 0.05) is 29.8 Å².